The molecule has 3 aliphatic heterocycles. The van der Waals surface area contributed by atoms with E-state index < -0.39 is 0 Å². The van der Waals surface area contributed by atoms with Crippen LogP contribution in [0, 0.1) is 0 Å². The highest BCUT2D eigenvalue weighted by atomic mass is 16.6. The summed E-state index contributed by atoms with van der Waals surface area (Å²) in [6.07, 6.45) is 1.41. The van der Waals surface area contributed by atoms with Crippen molar-refractivity contribution in [3.8, 4) is 0 Å². The number of likely N-dealkylation sites (tertiary alicyclic amines) is 1. The van der Waals surface area contributed by atoms with Crippen LogP contribution in [0.4, 0.5) is 4.79 Å². The van der Waals surface area contributed by atoms with Gasteiger partial charge in [-0.2, -0.15) is 0 Å². The minimum atomic E-state index is -0.319. The zero-order valence-electron chi connectivity index (χ0n) is 12.6. The van der Waals surface area contributed by atoms with E-state index in [0.29, 0.717) is 13.1 Å². The van der Waals surface area contributed by atoms with E-state index in [2.05, 4.69) is 10.2 Å². The molecular formula is C14H24N4O3. The van der Waals surface area contributed by atoms with Crippen molar-refractivity contribution in [1.29, 1.82) is 0 Å². The summed E-state index contributed by atoms with van der Waals surface area (Å²) < 4.78 is 5.53. The van der Waals surface area contributed by atoms with Crippen LogP contribution in [0.1, 0.15) is 12.8 Å². The topological polar surface area (TPSA) is 65.1 Å². The van der Waals surface area contributed by atoms with E-state index in [-0.39, 0.29) is 17.6 Å². The third kappa shape index (κ3) is 3.13. The Morgan fingerprint density at radius 3 is 2.48 bits per heavy atom. The number of piperazine rings is 1. The number of amides is 2. The highest BCUT2D eigenvalue weighted by molar-refractivity contribution is 5.78. The Morgan fingerprint density at radius 1 is 1.24 bits per heavy atom. The zero-order chi connectivity index (χ0) is 14.9. The lowest BCUT2D eigenvalue weighted by molar-refractivity contribution is -0.134. The predicted molar refractivity (Wildman–Crippen MR) is 77.0 cm³/mol. The van der Waals surface area contributed by atoms with Gasteiger partial charge < -0.3 is 19.9 Å². The van der Waals surface area contributed by atoms with Crippen LogP contribution in [0.2, 0.25) is 0 Å². The second kappa shape index (κ2) is 5.81. The monoisotopic (exact) mass is 296 g/mol. The molecule has 0 aromatic heterocycles. The molecule has 0 aliphatic carbocycles. The van der Waals surface area contributed by atoms with Crippen molar-refractivity contribution in [1.82, 2.24) is 20.0 Å². The molecule has 21 heavy (non-hydrogen) atoms. The molecule has 3 rings (SSSR count). The molecule has 0 aromatic carbocycles. The molecule has 0 unspecified atom stereocenters. The minimum absolute atomic E-state index is 0.216. The number of hydrogen-bond acceptors (Lipinski definition) is 5. The first kappa shape index (κ1) is 14.6. The van der Waals surface area contributed by atoms with Gasteiger partial charge in [-0.25, -0.2) is 4.79 Å². The number of carbonyl (C=O) groups excluding carboxylic acids is 2. The average molecular weight is 296 g/mol. The second-order valence-electron chi connectivity index (χ2n) is 6.31. The van der Waals surface area contributed by atoms with Crippen LogP contribution in [0.25, 0.3) is 0 Å². The van der Waals surface area contributed by atoms with E-state index in [1.54, 1.807) is 11.9 Å². The molecule has 0 aromatic rings. The number of hydrogen-bond donors (Lipinski definition) is 1. The first-order chi connectivity index (χ1) is 10.1. The van der Waals surface area contributed by atoms with Gasteiger partial charge in [0.2, 0.25) is 5.91 Å². The van der Waals surface area contributed by atoms with Gasteiger partial charge in [-0.1, -0.05) is 0 Å². The number of likely N-dealkylation sites (N-methyl/N-ethyl adjacent to an activating group) is 1. The fourth-order valence-electron chi connectivity index (χ4n) is 3.38. The van der Waals surface area contributed by atoms with Gasteiger partial charge in [0.15, 0.2) is 0 Å². The van der Waals surface area contributed by atoms with Gasteiger partial charge in [-0.05, 0) is 0 Å². The summed E-state index contributed by atoms with van der Waals surface area (Å²) in [6.45, 7) is 6.18. The van der Waals surface area contributed by atoms with Crippen LogP contribution in [0.3, 0.4) is 0 Å². The summed E-state index contributed by atoms with van der Waals surface area (Å²) in [5, 5.41) is 3.25. The summed E-state index contributed by atoms with van der Waals surface area (Å²) in [4.78, 5) is 29.5. The van der Waals surface area contributed by atoms with Crippen LogP contribution < -0.4 is 5.32 Å². The number of rotatable bonds is 2. The fraction of sp³-hybridized carbons (Fsp3) is 0.857. The summed E-state index contributed by atoms with van der Waals surface area (Å²) in [5.41, 5.74) is -0.319. The number of ether oxygens (including phenoxy) is 1. The molecule has 3 fully saturated rings. The lowest BCUT2D eigenvalue weighted by Crippen LogP contribution is -2.52. The maximum absolute atomic E-state index is 12.2. The van der Waals surface area contributed by atoms with Crippen LogP contribution in [-0.4, -0.2) is 91.7 Å². The normalized spacial score (nSPS) is 26.2. The Hall–Kier alpha value is -1.34. The number of nitrogens with one attached hydrogen (secondary N) is 1. The highest BCUT2D eigenvalue weighted by Gasteiger charge is 2.45. The Bertz CT molecular complexity index is 414. The van der Waals surface area contributed by atoms with E-state index in [0.717, 1.165) is 52.1 Å². The second-order valence-corrected chi connectivity index (χ2v) is 6.31. The summed E-state index contributed by atoms with van der Waals surface area (Å²) in [6, 6.07) is 0. The van der Waals surface area contributed by atoms with Crippen molar-refractivity contribution in [3.05, 3.63) is 0 Å². The van der Waals surface area contributed by atoms with Crippen molar-refractivity contribution in [2.75, 3.05) is 59.4 Å². The quantitative estimate of drug-likeness (QED) is 0.732. The van der Waals surface area contributed by atoms with Crippen molar-refractivity contribution < 1.29 is 14.3 Å². The average Bonchev–Trinajstić information content (AvgIpc) is 2.77. The van der Waals surface area contributed by atoms with Crippen molar-refractivity contribution in [2.45, 2.75) is 18.4 Å². The summed E-state index contributed by atoms with van der Waals surface area (Å²) in [5.74, 6) is 0.216. The number of piperidine rings is 1. The molecule has 2 amide bonds. The smallest absolute Gasteiger partial charge is 0.410 e. The lowest BCUT2D eigenvalue weighted by Gasteiger charge is -2.38. The molecule has 0 radical (unpaired) electrons. The van der Waals surface area contributed by atoms with Gasteiger partial charge in [-0.15, -0.1) is 0 Å². The number of carbonyl (C=O) groups is 2. The molecule has 118 valence electrons. The molecule has 7 nitrogen and oxygen atoms in total. The Kier molecular flexibility index (Phi) is 4.03. The van der Waals surface area contributed by atoms with Crippen LogP contribution >= 0.6 is 0 Å². The maximum atomic E-state index is 12.2. The van der Waals surface area contributed by atoms with Gasteiger partial charge in [0, 0.05) is 59.2 Å². The Balaban J connectivity index is 1.47. The van der Waals surface area contributed by atoms with Crippen molar-refractivity contribution >= 4 is 12.0 Å². The molecule has 3 aliphatic rings. The molecule has 0 saturated carbocycles. The van der Waals surface area contributed by atoms with Gasteiger partial charge in [0.1, 0.15) is 5.60 Å². The first-order valence-electron chi connectivity index (χ1n) is 7.73. The van der Waals surface area contributed by atoms with Gasteiger partial charge in [0.25, 0.3) is 0 Å². The third-order valence-electron chi connectivity index (χ3n) is 4.74. The molecule has 3 saturated heterocycles. The SMILES string of the molecule is CN1CC2(CCN(CC(=O)N3CCNCC3)CC2)OC1=O. The van der Waals surface area contributed by atoms with Crippen LogP contribution in [-0.2, 0) is 9.53 Å². The maximum Gasteiger partial charge on any atom is 0.410 e. The zero-order valence-corrected chi connectivity index (χ0v) is 12.6. The van der Waals surface area contributed by atoms with E-state index in [9.17, 15) is 9.59 Å². The molecule has 3 heterocycles. The Labute approximate surface area is 125 Å². The molecule has 1 spiro atoms. The fourth-order valence-corrected chi connectivity index (χ4v) is 3.38. The standard InChI is InChI=1S/C14H24N4O3/c1-16-11-14(21-13(16)20)2-6-17(7-3-14)10-12(19)18-8-4-15-5-9-18/h15H,2-11H2,1H3. The highest BCUT2D eigenvalue weighted by Crippen LogP contribution is 2.32. The molecule has 0 bridgehead atoms. The van der Waals surface area contributed by atoms with Crippen LogP contribution in [0.5, 0.6) is 0 Å². The van der Waals surface area contributed by atoms with E-state index >= 15 is 0 Å². The third-order valence-corrected chi connectivity index (χ3v) is 4.74. The van der Waals surface area contributed by atoms with E-state index in [4.69, 9.17) is 4.74 Å². The minimum Gasteiger partial charge on any atom is -0.441 e. The summed E-state index contributed by atoms with van der Waals surface area (Å²) >= 11 is 0. The molecule has 0 atom stereocenters. The van der Waals surface area contributed by atoms with E-state index in [1.807, 2.05) is 4.90 Å². The predicted octanol–water partition coefficient (Wildman–Crippen LogP) is -0.665. The summed E-state index contributed by atoms with van der Waals surface area (Å²) in [7, 11) is 1.78. The van der Waals surface area contributed by atoms with Gasteiger partial charge >= 0.3 is 6.09 Å². The molecule has 7 heteroatoms. The van der Waals surface area contributed by atoms with E-state index in [1.165, 1.54) is 0 Å². The van der Waals surface area contributed by atoms with Crippen molar-refractivity contribution in [3.63, 3.8) is 0 Å². The Morgan fingerprint density at radius 2 is 1.90 bits per heavy atom. The lowest BCUT2D eigenvalue weighted by atomic mass is 9.91. The molecular weight excluding hydrogens is 272 g/mol. The van der Waals surface area contributed by atoms with Crippen molar-refractivity contribution in [2.24, 2.45) is 0 Å². The first-order valence-corrected chi connectivity index (χ1v) is 7.73. The number of nitrogens with zero attached hydrogens (tertiary/aromatic N) is 3. The van der Waals surface area contributed by atoms with Gasteiger partial charge in [-0.3, -0.25) is 9.69 Å². The van der Waals surface area contributed by atoms with Crippen LogP contribution in [0.15, 0.2) is 0 Å². The molecule has 1 N–H and O–H groups in total. The largest absolute Gasteiger partial charge is 0.441 e. The van der Waals surface area contributed by atoms with Gasteiger partial charge in [0.05, 0.1) is 13.1 Å².